The molecule has 1 aromatic rings. The Hall–Kier alpha value is -6.16. The molecule has 0 spiro atoms. The van der Waals surface area contributed by atoms with Crippen LogP contribution in [0.15, 0.2) is 30.3 Å². The number of hydrogen-bond acceptors (Lipinski definition) is 12. The van der Waals surface area contributed by atoms with E-state index in [4.69, 9.17) is 22.3 Å². The summed E-state index contributed by atoms with van der Waals surface area (Å²) in [6.07, 6.45) is -4.24. The Morgan fingerprint density at radius 1 is 0.519 bits per heavy atom. The Morgan fingerprint density at radius 3 is 1.26 bits per heavy atom. The molecule has 1 aromatic carbocycles. The molecule has 0 radical (unpaired) electrons. The highest BCUT2D eigenvalue weighted by Gasteiger charge is 2.33. The maximum Gasteiger partial charge on any atom is 0.326 e. The molecule has 15 N–H and O–H groups in total. The molecule has 7 amide bonds. The number of carbonyl (C=O) groups excluding carboxylic acids is 7. The minimum absolute atomic E-state index is 0.0759. The second kappa shape index (κ2) is 23.4. The van der Waals surface area contributed by atoms with Gasteiger partial charge >= 0.3 is 17.9 Å². The number of rotatable bonds is 26. The van der Waals surface area contributed by atoms with Gasteiger partial charge in [0.2, 0.25) is 41.4 Å². The minimum Gasteiger partial charge on any atom is -0.481 e. The predicted octanol–water partition coefficient (Wildman–Crippen LogP) is -4.68. The van der Waals surface area contributed by atoms with Crippen LogP contribution in [0.25, 0.3) is 0 Å². The molecule has 1 rings (SSSR count). The molecule has 0 aliphatic heterocycles. The van der Waals surface area contributed by atoms with Gasteiger partial charge in [0.05, 0.1) is 12.6 Å². The van der Waals surface area contributed by atoms with E-state index >= 15 is 0 Å². The number of nitrogens with two attached hydrogens (primary N) is 3. The van der Waals surface area contributed by atoms with Gasteiger partial charge < -0.3 is 64.2 Å². The number of aliphatic hydroxyl groups excluding tert-OH is 1. The Kier molecular flexibility index (Phi) is 19.9. The molecule has 0 bridgehead atoms. The zero-order valence-corrected chi connectivity index (χ0v) is 29.0. The fraction of sp³-hybridized carbons (Fsp3) is 0.500. The van der Waals surface area contributed by atoms with E-state index in [-0.39, 0.29) is 12.8 Å². The summed E-state index contributed by atoms with van der Waals surface area (Å²) in [6.45, 7) is -1.10. The third kappa shape index (κ3) is 17.9. The SMILES string of the molecule is NC(=O)CC[C@H](NC(=O)[C@H](CCC(=O)O)NC(=O)[C@H](CCC(=O)O)NC(=O)[C@H](CO)NC(=O)[C@H](CCC(N)=O)NC(=O)[C@@H](N)Cc1ccccc1)C(=O)O. The van der Waals surface area contributed by atoms with E-state index < -0.39 is 147 Å². The third-order valence-corrected chi connectivity index (χ3v) is 7.62. The van der Waals surface area contributed by atoms with Crippen molar-refractivity contribution in [1.29, 1.82) is 0 Å². The van der Waals surface area contributed by atoms with Crippen LogP contribution in [0.5, 0.6) is 0 Å². The lowest BCUT2D eigenvalue weighted by Gasteiger charge is -2.26. The summed E-state index contributed by atoms with van der Waals surface area (Å²) in [5, 5.41) is 48.6. The highest BCUT2D eigenvalue weighted by molar-refractivity contribution is 5.97. The van der Waals surface area contributed by atoms with E-state index in [0.717, 1.165) is 0 Å². The fourth-order valence-electron chi connectivity index (χ4n) is 4.70. The molecule has 22 heteroatoms. The first-order valence-electron chi connectivity index (χ1n) is 16.5. The van der Waals surface area contributed by atoms with Crippen molar-refractivity contribution in [2.75, 3.05) is 6.61 Å². The van der Waals surface area contributed by atoms with E-state index in [0.29, 0.717) is 5.56 Å². The molecular formula is C32H46N8O14. The molecule has 22 nitrogen and oxygen atoms in total. The summed E-state index contributed by atoms with van der Waals surface area (Å²) in [5.41, 5.74) is 16.9. The number of carboxylic acid groups (broad SMARTS) is 3. The van der Waals surface area contributed by atoms with Gasteiger partial charge in [0, 0.05) is 25.7 Å². The Bertz CT molecular complexity index is 1530. The molecule has 0 aliphatic rings. The normalized spacial score (nSPS) is 14.0. The van der Waals surface area contributed by atoms with Gasteiger partial charge in [0.25, 0.3) is 0 Å². The van der Waals surface area contributed by atoms with Crippen LogP contribution in [0.4, 0.5) is 0 Å². The van der Waals surface area contributed by atoms with Gasteiger partial charge in [-0.1, -0.05) is 30.3 Å². The van der Waals surface area contributed by atoms with Crippen LogP contribution < -0.4 is 43.8 Å². The van der Waals surface area contributed by atoms with Gasteiger partial charge in [-0.25, -0.2) is 4.79 Å². The second-order valence-electron chi connectivity index (χ2n) is 12.0. The number of aliphatic carboxylic acids is 3. The zero-order chi connectivity index (χ0) is 41.0. The first-order valence-corrected chi connectivity index (χ1v) is 16.5. The maximum absolute atomic E-state index is 13.3. The Balaban J connectivity index is 3.19. The average Bonchev–Trinajstić information content (AvgIpc) is 3.10. The van der Waals surface area contributed by atoms with E-state index in [1.54, 1.807) is 30.3 Å². The second-order valence-corrected chi connectivity index (χ2v) is 12.0. The first kappa shape index (κ1) is 45.9. The largest absolute Gasteiger partial charge is 0.481 e. The number of nitrogens with one attached hydrogen (secondary N) is 5. The van der Waals surface area contributed by atoms with Crippen molar-refractivity contribution >= 4 is 59.3 Å². The number of aliphatic hydroxyl groups is 1. The summed E-state index contributed by atoms with van der Waals surface area (Å²) >= 11 is 0. The lowest BCUT2D eigenvalue weighted by Crippen LogP contribution is -2.60. The van der Waals surface area contributed by atoms with Crippen molar-refractivity contribution in [3.63, 3.8) is 0 Å². The molecule has 0 unspecified atom stereocenters. The van der Waals surface area contributed by atoms with Crippen LogP contribution in [0, 0.1) is 0 Å². The maximum atomic E-state index is 13.3. The van der Waals surface area contributed by atoms with Crippen LogP contribution in [0.2, 0.25) is 0 Å². The van der Waals surface area contributed by atoms with Gasteiger partial charge in [0.1, 0.15) is 30.2 Å². The van der Waals surface area contributed by atoms with Crippen molar-refractivity contribution < 1.29 is 68.4 Å². The molecule has 0 saturated heterocycles. The molecule has 0 fully saturated rings. The molecular weight excluding hydrogens is 720 g/mol. The van der Waals surface area contributed by atoms with Crippen molar-refractivity contribution in [3.8, 4) is 0 Å². The molecule has 298 valence electrons. The number of carbonyl (C=O) groups is 10. The number of amides is 7. The summed E-state index contributed by atoms with van der Waals surface area (Å²) in [4.78, 5) is 122. The van der Waals surface area contributed by atoms with Gasteiger partial charge in [-0.2, -0.15) is 0 Å². The number of benzene rings is 1. The first-order chi connectivity index (χ1) is 25.3. The lowest BCUT2D eigenvalue weighted by molar-refractivity contribution is -0.143. The summed E-state index contributed by atoms with van der Waals surface area (Å²) < 4.78 is 0. The third-order valence-electron chi connectivity index (χ3n) is 7.62. The van der Waals surface area contributed by atoms with Crippen molar-refractivity contribution in [2.24, 2.45) is 17.2 Å². The number of hydrogen-bond donors (Lipinski definition) is 12. The van der Waals surface area contributed by atoms with E-state index in [1.807, 2.05) is 0 Å². The zero-order valence-electron chi connectivity index (χ0n) is 29.0. The van der Waals surface area contributed by atoms with Gasteiger partial charge in [-0.05, 0) is 37.7 Å². The molecule has 0 aliphatic carbocycles. The van der Waals surface area contributed by atoms with E-state index in [1.165, 1.54) is 0 Å². The van der Waals surface area contributed by atoms with Gasteiger partial charge in [-0.15, -0.1) is 0 Å². The minimum atomic E-state index is -1.84. The van der Waals surface area contributed by atoms with Crippen LogP contribution in [-0.2, 0) is 54.4 Å². The molecule has 54 heavy (non-hydrogen) atoms. The lowest BCUT2D eigenvalue weighted by atomic mass is 10.0. The van der Waals surface area contributed by atoms with Crippen LogP contribution in [0.1, 0.15) is 56.9 Å². The summed E-state index contributed by atoms with van der Waals surface area (Å²) in [6, 6.07) is -1.06. The Morgan fingerprint density at radius 2 is 0.870 bits per heavy atom. The van der Waals surface area contributed by atoms with Crippen LogP contribution in [0.3, 0.4) is 0 Å². The van der Waals surface area contributed by atoms with E-state index in [2.05, 4.69) is 26.6 Å². The van der Waals surface area contributed by atoms with E-state index in [9.17, 15) is 63.3 Å². The monoisotopic (exact) mass is 766 g/mol. The highest BCUT2D eigenvalue weighted by atomic mass is 16.4. The summed E-state index contributed by atoms with van der Waals surface area (Å²) in [7, 11) is 0. The van der Waals surface area contributed by atoms with Crippen LogP contribution in [-0.4, -0.2) is 123 Å². The number of primary amides is 2. The molecule has 0 saturated carbocycles. The highest BCUT2D eigenvalue weighted by Crippen LogP contribution is 2.08. The quantitative estimate of drug-likeness (QED) is 0.0422. The van der Waals surface area contributed by atoms with Gasteiger partial charge in [0.15, 0.2) is 0 Å². The summed E-state index contributed by atoms with van der Waals surface area (Å²) in [5.74, 6) is -11.7. The fourth-order valence-corrected chi connectivity index (χ4v) is 4.70. The molecule has 0 aromatic heterocycles. The van der Waals surface area contributed by atoms with Crippen molar-refractivity contribution in [1.82, 2.24) is 26.6 Å². The van der Waals surface area contributed by atoms with Gasteiger partial charge in [-0.3, -0.25) is 43.2 Å². The van der Waals surface area contributed by atoms with Crippen molar-refractivity contribution in [2.45, 2.75) is 94.0 Å². The topological polar surface area (TPSA) is 390 Å². The smallest absolute Gasteiger partial charge is 0.326 e. The predicted molar refractivity (Wildman–Crippen MR) is 183 cm³/mol. The van der Waals surface area contributed by atoms with Crippen molar-refractivity contribution in [3.05, 3.63) is 35.9 Å². The standard InChI is InChI=1S/C32H46N8O14/c33-17(14-16-4-2-1-3-5-16)27(48)36-18(6-10-23(34)42)30(51)40-22(15-41)31(52)38-19(8-12-25(44)45)28(49)37-20(9-13-26(46)47)29(50)39-21(32(53)54)7-11-24(35)43/h1-5,17-22,41H,6-15,33H2,(H2,34,42)(H2,35,43)(H,36,48)(H,37,49)(H,38,52)(H,39,50)(H,40,51)(H,44,45)(H,46,47)(H,53,54)/t17-,18-,19-,20-,21-,22-/m0/s1. The molecule has 0 heterocycles. The van der Waals surface area contributed by atoms with Crippen LogP contribution >= 0.6 is 0 Å². The molecule has 6 atom stereocenters. The average molecular weight is 767 g/mol. The Labute approximate surface area is 307 Å². The number of carboxylic acids is 3.